The van der Waals surface area contributed by atoms with Gasteiger partial charge < -0.3 is 0 Å². The van der Waals surface area contributed by atoms with E-state index in [2.05, 4.69) is 43.1 Å². The first-order valence-electron chi connectivity index (χ1n) is 4.52. The van der Waals surface area contributed by atoms with Crippen LogP contribution in [0.3, 0.4) is 0 Å². The molecule has 0 N–H and O–H groups in total. The van der Waals surface area contributed by atoms with Gasteiger partial charge in [-0.25, -0.2) is 0 Å². The van der Waals surface area contributed by atoms with E-state index >= 15 is 0 Å². The summed E-state index contributed by atoms with van der Waals surface area (Å²) in [5, 5.41) is 1.23. The molecule has 0 fully saturated rings. The monoisotopic (exact) mass is 171 g/mol. The van der Waals surface area contributed by atoms with E-state index in [9.17, 15) is 0 Å². The molecule has 0 bridgehead atoms. The average molecular weight is 171 g/mol. The fraction of sp³-hybridized carbons (Fsp3) is 0.250. The predicted molar refractivity (Wildman–Crippen MR) is 56.0 cm³/mol. The smallest absolute Gasteiger partial charge is 0.0736 e. The molecule has 0 radical (unpaired) electrons. The van der Waals surface area contributed by atoms with Crippen molar-refractivity contribution in [2.24, 2.45) is 0 Å². The van der Waals surface area contributed by atoms with Crippen LogP contribution in [0.1, 0.15) is 16.8 Å². The van der Waals surface area contributed by atoms with Crippen molar-refractivity contribution in [2.45, 2.75) is 20.8 Å². The number of benzene rings is 1. The normalized spacial score (nSPS) is 10.7. The van der Waals surface area contributed by atoms with Gasteiger partial charge in [-0.05, 0) is 38.0 Å². The summed E-state index contributed by atoms with van der Waals surface area (Å²) in [5.74, 6) is 0. The number of aromatic nitrogens is 1. The van der Waals surface area contributed by atoms with Crippen molar-refractivity contribution in [3.05, 3.63) is 41.1 Å². The maximum Gasteiger partial charge on any atom is 0.0736 e. The summed E-state index contributed by atoms with van der Waals surface area (Å²) in [6, 6.07) is 8.46. The summed E-state index contributed by atoms with van der Waals surface area (Å²) in [7, 11) is 0. The van der Waals surface area contributed by atoms with E-state index < -0.39 is 0 Å². The van der Waals surface area contributed by atoms with E-state index in [1.54, 1.807) is 0 Å². The van der Waals surface area contributed by atoms with Crippen molar-refractivity contribution >= 4 is 10.9 Å². The summed E-state index contributed by atoms with van der Waals surface area (Å²) >= 11 is 0. The Hall–Kier alpha value is -1.37. The van der Waals surface area contributed by atoms with Crippen molar-refractivity contribution in [1.29, 1.82) is 0 Å². The fourth-order valence-electron chi connectivity index (χ4n) is 1.53. The van der Waals surface area contributed by atoms with E-state index in [0.717, 1.165) is 11.2 Å². The summed E-state index contributed by atoms with van der Waals surface area (Å²) < 4.78 is 0. The van der Waals surface area contributed by atoms with Gasteiger partial charge in [-0.2, -0.15) is 0 Å². The van der Waals surface area contributed by atoms with Crippen molar-refractivity contribution in [3.8, 4) is 0 Å². The number of nitrogens with zero attached hydrogens (tertiary/aromatic N) is 1. The molecule has 0 atom stereocenters. The average Bonchev–Trinajstić information content (AvgIpc) is 2.12. The van der Waals surface area contributed by atoms with Gasteiger partial charge in [0.05, 0.1) is 5.52 Å². The fourth-order valence-corrected chi connectivity index (χ4v) is 1.53. The van der Waals surface area contributed by atoms with Crippen LogP contribution in [0.4, 0.5) is 0 Å². The Kier molecular flexibility index (Phi) is 1.80. The minimum absolute atomic E-state index is 1.08. The zero-order chi connectivity index (χ0) is 9.42. The van der Waals surface area contributed by atoms with Gasteiger partial charge in [0.1, 0.15) is 0 Å². The van der Waals surface area contributed by atoms with Crippen LogP contribution in [0.5, 0.6) is 0 Å². The van der Waals surface area contributed by atoms with Gasteiger partial charge >= 0.3 is 0 Å². The second kappa shape index (κ2) is 2.84. The Balaban J connectivity index is 2.89. The minimum atomic E-state index is 1.08. The highest BCUT2D eigenvalue weighted by Gasteiger charge is 2.00. The largest absolute Gasteiger partial charge is 0.253 e. The van der Waals surface area contributed by atoms with Crippen LogP contribution in [0.2, 0.25) is 0 Å². The maximum absolute atomic E-state index is 4.54. The number of pyridine rings is 1. The predicted octanol–water partition coefficient (Wildman–Crippen LogP) is 3.16. The van der Waals surface area contributed by atoms with E-state index in [4.69, 9.17) is 0 Å². The van der Waals surface area contributed by atoms with Crippen LogP contribution in [0, 0.1) is 20.8 Å². The third-order valence-corrected chi connectivity index (χ3v) is 2.53. The van der Waals surface area contributed by atoms with Crippen LogP contribution >= 0.6 is 0 Å². The summed E-state index contributed by atoms with van der Waals surface area (Å²) in [6.07, 6.45) is 0. The molecule has 66 valence electrons. The molecule has 0 amide bonds. The summed E-state index contributed by atoms with van der Waals surface area (Å²) in [5.41, 5.74) is 4.83. The number of fused-ring (bicyclic) bond motifs is 1. The van der Waals surface area contributed by atoms with E-state index in [1.807, 2.05) is 6.92 Å². The molecule has 0 unspecified atom stereocenters. The lowest BCUT2D eigenvalue weighted by Gasteiger charge is -2.04. The molecule has 0 spiro atoms. The second-order valence-electron chi connectivity index (χ2n) is 3.53. The standard InChI is InChI=1S/C12H13N/c1-8-4-6-11-7-5-9(2)13-12(11)10(8)3/h4-7H,1-3H3. The quantitative estimate of drug-likeness (QED) is 0.593. The third-order valence-electron chi connectivity index (χ3n) is 2.53. The van der Waals surface area contributed by atoms with Crippen molar-refractivity contribution in [1.82, 2.24) is 4.98 Å². The zero-order valence-corrected chi connectivity index (χ0v) is 8.26. The lowest BCUT2D eigenvalue weighted by atomic mass is 10.1. The SMILES string of the molecule is Cc1ccc2ccc(C)c(C)c2n1. The Labute approximate surface area is 78.4 Å². The van der Waals surface area contributed by atoms with Crippen LogP contribution < -0.4 is 0 Å². The second-order valence-corrected chi connectivity index (χ2v) is 3.53. The Morgan fingerprint density at radius 3 is 2.38 bits per heavy atom. The molecule has 1 heterocycles. The van der Waals surface area contributed by atoms with Crippen molar-refractivity contribution < 1.29 is 0 Å². The van der Waals surface area contributed by atoms with Crippen LogP contribution in [-0.2, 0) is 0 Å². The Morgan fingerprint density at radius 2 is 1.62 bits per heavy atom. The zero-order valence-electron chi connectivity index (χ0n) is 8.26. The molecule has 1 aromatic carbocycles. The molecule has 0 aliphatic rings. The molecule has 0 aliphatic carbocycles. The maximum atomic E-state index is 4.54. The highest BCUT2D eigenvalue weighted by molar-refractivity contribution is 5.82. The van der Waals surface area contributed by atoms with E-state index in [1.165, 1.54) is 16.5 Å². The van der Waals surface area contributed by atoms with Crippen LogP contribution in [-0.4, -0.2) is 4.98 Å². The van der Waals surface area contributed by atoms with Gasteiger partial charge in [-0.3, -0.25) is 4.98 Å². The first kappa shape index (κ1) is 8.24. The molecular weight excluding hydrogens is 158 g/mol. The molecule has 2 rings (SSSR count). The van der Waals surface area contributed by atoms with Crippen LogP contribution in [0.25, 0.3) is 10.9 Å². The minimum Gasteiger partial charge on any atom is -0.253 e. The molecule has 1 aromatic heterocycles. The summed E-state index contributed by atoms with van der Waals surface area (Å²) in [4.78, 5) is 4.54. The Bertz CT molecular complexity index is 453. The topological polar surface area (TPSA) is 12.9 Å². The lowest BCUT2D eigenvalue weighted by Crippen LogP contribution is -1.88. The number of hydrogen-bond donors (Lipinski definition) is 0. The molecule has 0 aliphatic heterocycles. The number of rotatable bonds is 0. The highest BCUT2D eigenvalue weighted by atomic mass is 14.7. The molecule has 2 aromatic rings. The molecule has 13 heavy (non-hydrogen) atoms. The van der Waals surface area contributed by atoms with Gasteiger partial charge in [0.15, 0.2) is 0 Å². The molecule has 1 heteroatoms. The highest BCUT2D eigenvalue weighted by Crippen LogP contribution is 2.19. The first-order chi connectivity index (χ1) is 6.18. The van der Waals surface area contributed by atoms with Crippen molar-refractivity contribution in [2.75, 3.05) is 0 Å². The number of aryl methyl sites for hydroxylation is 3. The third kappa shape index (κ3) is 1.31. The number of hydrogen-bond acceptors (Lipinski definition) is 1. The van der Waals surface area contributed by atoms with Gasteiger partial charge in [0.25, 0.3) is 0 Å². The van der Waals surface area contributed by atoms with Gasteiger partial charge in [-0.1, -0.05) is 18.2 Å². The lowest BCUT2D eigenvalue weighted by molar-refractivity contribution is 1.23. The first-order valence-corrected chi connectivity index (χ1v) is 4.52. The van der Waals surface area contributed by atoms with Crippen LogP contribution in [0.15, 0.2) is 24.3 Å². The van der Waals surface area contributed by atoms with Crippen molar-refractivity contribution in [3.63, 3.8) is 0 Å². The van der Waals surface area contributed by atoms with Gasteiger partial charge in [-0.15, -0.1) is 0 Å². The molecule has 0 saturated carbocycles. The molecule has 0 saturated heterocycles. The summed E-state index contributed by atoms with van der Waals surface area (Å²) in [6.45, 7) is 6.28. The van der Waals surface area contributed by atoms with E-state index in [0.29, 0.717) is 0 Å². The molecular formula is C12H13N. The van der Waals surface area contributed by atoms with Gasteiger partial charge in [0, 0.05) is 11.1 Å². The Morgan fingerprint density at radius 1 is 0.923 bits per heavy atom. The molecule has 1 nitrogen and oxygen atoms in total. The van der Waals surface area contributed by atoms with Gasteiger partial charge in [0.2, 0.25) is 0 Å². The van der Waals surface area contributed by atoms with E-state index in [-0.39, 0.29) is 0 Å².